The lowest BCUT2D eigenvalue weighted by Crippen LogP contribution is -2.37. The number of hydrogen-bond acceptors (Lipinski definition) is 5. The Balaban J connectivity index is 0.000000885. The summed E-state index contributed by atoms with van der Waals surface area (Å²) >= 11 is 1.25. The quantitative estimate of drug-likeness (QED) is 0.522. The SMILES string of the molecule is CC(=O)O.NC(=O)CSCC(=O)NCCC1CCCCN1. The molecule has 0 saturated carbocycles. The summed E-state index contributed by atoms with van der Waals surface area (Å²) in [4.78, 5) is 30.8. The van der Waals surface area contributed by atoms with Gasteiger partial charge >= 0.3 is 0 Å². The van der Waals surface area contributed by atoms with Gasteiger partial charge in [0.2, 0.25) is 11.8 Å². The molecule has 0 aromatic carbocycles. The zero-order valence-corrected chi connectivity index (χ0v) is 13.2. The molecule has 1 heterocycles. The molecule has 0 spiro atoms. The first kappa shape index (κ1) is 19.7. The average Bonchev–Trinajstić information content (AvgIpc) is 2.39. The van der Waals surface area contributed by atoms with Crippen LogP contribution in [0.25, 0.3) is 0 Å². The van der Waals surface area contributed by atoms with Crippen LogP contribution in [-0.2, 0) is 14.4 Å². The third-order valence-electron chi connectivity index (χ3n) is 2.70. The van der Waals surface area contributed by atoms with Crippen LogP contribution < -0.4 is 16.4 Å². The van der Waals surface area contributed by atoms with Crippen LogP contribution in [0.3, 0.4) is 0 Å². The number of carbonyl (C=O) groups excluding carboxylic acids is 2. The van der Waals surface area contributed by atoms with Crippen LogP contribution in [0.5, 0.6) is 0 Å². The van der Waals surface area contributed by atoms with E-state index in [0.29, 0.717) is 18.3 Å². The van der Waals surface area contributed by atoms with E-state index >= 15 is 0 Å². The van der Waals surface area contributed by atoms with Crippen molar-refractivity contribution in [1.82, 2.24) is 10.6 Å². The number of carboxylic acids is 1. The number of rotatable bonds is 7. The average molecular weight is 319 g/mol. The Morgan fingerprint density at radius 2 is 2.00 bits per heavy atom. The summed E-state index contributed by atoms with van der Waals surface area (Å²) in [6.07, 6.45) is 4.71. The van der Waals surface area contributed by atoms with Crippen LogP contribution >= 0.6 is 11.8 Å². The molecule has 8 heteroatoms. The van der Waals surface area contributed by atoms with E-state index < -0.39 is 5.97 Å². The highest BCUT2D eigenvalue weighted by atomic mass is 32.2. The minimum absolute atomic E-state index is 0.0212. The minimum Gasteiger partial charge on any atom is -0.481 e. The predicted molar refractivity (Wildman–Crippen MR) is 83.1 cm³/mol. The standard InChI is InChI=1S/C11H21N3O2S.C2H4O2/c12-10(15)7-17-8-11(16)14-6-4-9-3-1-2-5-13-9;1-2(3)4/h9,13H,1-8H2,(H2,12,15)(H,14,16);1H3,(H,3,4). The van der Waals surface area contributed by atoms with Crippen LogP contribution in [0.1, 0.15) is 32.6 Å². The topological polar surface area (TPSA) is 122 Å². The van der Waals surface area contributed by atoms with E-state index in [2.05, 4.69) is 10.6 Å². The zero-order valence-electron chi connectivity index (χ0n) is 12.4. The smallest absolute Gasteiger partial charge is 0.300 e. The molecule has 7 nitrogen and oxygen atoms in total. The van der Waals surface area contributed by atoms with E-state index in [0.717, 1.165) is 19.9 Å². The van der Waals surface area contributed by atoms with Gasteiger partial charge in [0, 0.05) is 19.5 Å². The van der Waals surface area contributed by atoms with Gasteiger partial charge in [-0.15, -0.1) is 11.8 Å². The minimum atomic E-state index is -0.833. The second-order valence-corrected chi connectivity index (χ2v) is 5.75. The van der Waals surface area contributed by atoms with Gasteiger partial charge in [0.15, 0.2) is 0 Å². The van der Waals surface area contributed by atoms with Crippen molar-refractivity contribution >= 4 is 29.5 Å². The van der Waals surface area contributed by atoms with E-state index in [1.54, 1.807) is 0 Å². The fraction of sp³-hybridized carbons (Fsp3) is 0.769. The second-order valence-electron chi connectivity index (χ2n) is 4.76. The summed E-state index contributed by atoms with van der Waals surface area (Å²) in [5.74, 6) is -0.722. The third kappa shape index (κ3) is 14.9. The molecule has 1 saturated heterocycles. The summed E-state index contributed by atoms with van der Waals surface area (Å²) < 4.78 is 0. The first-order valence-corrected chi connectivity index (χ1v) is 8.13. The van der Waals surface area contributed by atoms with Crippen LogP contribution in [0.4, 0.5) is 0 Å². The van der Waals surface area contributed by atoms with Crippen molar-refractivity contribution in [2.45, 2.75) is 38.6 Å². The van der Waals surface area contributed by atoms with Crippen molar-refractivity contribution in [3.05, 3.63) is 0 Å². The summed E-state index contributed by atoms with van der Waals surface area (Å²) in [6.45, 7) is 2.88. The highest BCUT2D eigenvalue weighted by molar-refractivity contribution is 8.00. The predicted octanol–water partition coefficient (Wildman–Crippen LogP) is -0.0558. The zero-order chi connectivity index (χ0) is 16.1. The molecule has 1 atom stereocenters. The molecule has 0 radical (unpaired) electrons. The van der Waals surface area contributed by atoms with E-state index in [4.69, 9.17) is 15.6 Å². The Morgan fingerprint density at radius 1 is 1.33 bits per heavy atom. The van der Waals surface area contributed by atoms with Crippen molar-refractivity contribution in [2.75, 3.05) is 24.6 Å². The number of hydrogen-bond donors (Lipinski definition) is 4. The molecule has 2 amide bonds. The first-order valence-electron chi connectivity index (χ1n) is 6.97. The van der Waals surface area contributed by atoms with Gasteiger partial charge in [0.05, 0.1) is 11.5 Å². The molecule has 1 aliphatic rings. The second kappa shape index (κ2) is 12.5. The molecule has 122 valence electrons. The number of nitrogens with one attached hydrogen (secondary N) is 2. The number of piperidine rings is 1. The van der Waals surface area contributed by atoms with Gasteiger partial charge in [-0.05, 0) is 25.8 Å². The van der Waals surface area contributed by atoms with Crippen LogP contribution in [0, 0.1) is 0 Å². The van der Waals surface area contributed by atoms with Crippen LogP contribution in [0.2, 0.25) is 0 Å². The Morgan fingerprint density at radius 3 is 2.52 bits per heavy atom. The number of carbonyl (C=O) groups is 3. The number of thioether (sulfide) groups is 1. The molecule has 1 fully saturated rings. The molecule has 1 unspecified atom stereocenters. The number of nitrogens with two attached hydrogens (primary N) is 1. The van der Waals surface area contributed by atoms with Gasteiger partial charge in [-0.3, -0.25) is 14.4 Å². The van der Waals surface area contributed by atoms with Crippen molar-refractivity contribution < 1.29 is 19.5 Å². The van der Waals surface area contributed by atoms with Gasteiger partial charge in [0.1, 0.15) is 0 Å². The highest BCUT2D eigenvalue weighted by Gasteiger charge is 2.12. The molecular weight excluding hydrogens is 294 g/mol. The normalized spacial score (nSPS) is 17.3. The van der Waals surface area contributed by atoms with Crippen LogP contribution in [-0.4, -0.2) is 53.5 Å². The number of aliphatic carboxylic acids is 1. The maximum Gasteiger partial charge on any atom is 0.300 e. The summed E-state index contributed by atoms with van der Waals surface area (Å²) in [7, 11) is 0. The maximum absolute atomic E-state index is 11.4. The summed E-state index contributed by atoms with van der Waals surface area (Å²) in [5, 5.41) is 13.7. The Kier molecular flexibility index (Phi) is 11.7. The van der Waals surface area contributed by atoms with Gasteiger partial charge < -0.3 is 21.5 Å². The fourth-order valence-corrected chi connectivity index (χ4v) is 2.44. The summed E-state index contributed by atoms with van der Waals surface area (Å²) in [6, 6.07) is 0.544. The van der Waals surface area contributed by atoms with E-state index in [1.807, 2.05) is 0 Å². The number of amides is 2. The van der Waals surface area contributed by atoms with Gasteiger partial charge in [-0.25, -0.2) is 0 Å². The molecular formula is C13H25N3O4S. The lowest BCUT2D eigenvalue weighted by Gasteiger charge is -2.23. The van der Waals surface area contributed by atoms with E-state index in [1.165, 1.54) is 31.0 Å². The van der Waals surface area contributed by atoms with Crippen molar-refractivity contribution in [1.29, 1.82) is 0 Å². The largest absolute Gasteiger partial charge is 0.481 e. The molecule has 0 aliphatic carbocycles. The Bertz CT molecular complexity index is 329. The van der Waals surface area contributed by atoms with Crippen molar-refractivity contribution in [3.63, 3.8) is 0 Å². The van der Waals surface area contributed by atoms with E-state index in [9.17, 15) is 9.59 Å². The van der Waals surface area contributed by atoms with Crippen LogP contribution in [0.15, 0.2) is 0 Å². The Labute approximate surface area is 129 Å². The molecule has 0 aromatic heterocycles. The number of primary amides is 1. The maximum atomic E-state index is 11.4. The Hall–Kier alpha value is -1.28. The molecule has 0 aromatic rings. The van der Waals surface area contributed by atoms with E-state index in [-0.39, 0.29) is 17.6 Å². The third-order valence-corrected chi connectivity index (χ3v) is 3.66. The molecule has 5 N–H and O–H groups in total. The summed E-state index contributed by atoms with van der Waals surface area (Å²) in [5.41, 5.74) is 4.98. The molecule has 0 bridgehead atoms. The van der Waals surface area contributed by atoms with Crippen molar-refractivity contribution in [2.24, 2.45) is 5.73 Å². The first-order chi connectivity index (χ1) is 9.91. The number of carboxylic acid groups (broad SMARTS) is 1. The lowest BCUT2D eigenvalue weighted by atomic mass is 10.0. The van der Waals surface area contributed by atoms with Gasteiger partial charge in [0.25, 0.3) is 5.97 Å². The van der Waals surface area contributed by atoms with Gasteiger partial charge in [-0.1, -0.05) is 6.42 Å². The molecule has 21 heavy (non-hydrogen) atoms. The molecule has 1 aliphatic heterocycles. The monoisotopic (exact) mass is 319 g/mol. The highest BCUT2D eigenvalue weighted by Crippen LogP contribution is 2.09. The van der Waals surface area contributed by atoms with Gasteiger partial charge in [-0.2, -0.15) is 0 Å². The fourth-order valence-electron chi connectivity index (χ4n) is 1.85. The lowest BCUT2D eigenvalue weighted by molar-refractivity contribution is -0.134. The molecule has 1 rings (SSSR count). The van der Waals surface area contributed by atoms with Crippen molar-refractivity contribution in [3.8, 4) is 0 Å².